The molecule has 4 nitrogen and oxygen atoms in total. The number of hydrogen-bond donors (Lipinski definition) is 0. The summed E-state index contributed by atoms with van der Waals surface area (Å²) >= 11 is 0. The highest BCUT2D eigenvalue weighted by molar-refractivity contribution is 5.23. The van der Waals surface area contributed by atoms with Crippen LogP contribution in [0.5, 0.6) is 0 Å². The van der Waals surface area contributed by atoms with Gasteiger partial charge in [0.25, 0.3) is 0 Å². The van der Waals surface area contributed by atoms with Crippen LogP contribution < -0.4 is 0 Å². The van der Waals surface area contributed by atoms with E-state index in [0.717, 1.165) is 11.4 Å². The summed E-state index contributed by atoms with van der Waals surface area (Å²) in [6, 6.07) is 33.1. The van der Waals surface area contributed by atoms with E-state index in [2.05, 4.69) is 176 Å². The quantitative estimate of drug-likeness (QED) is 0.172. The van der Waals surface area contributed by atoms with Crippen LogP contribution in [0.1, 0.15) is 106 Å². The van der Waals surface area contributed by atoms with E-state index >= 15 is 0 Å². The van der Waals surface area contributed by atoms with Crippen molar-refractivity contribution >= 4 is 0 Å². The monoisotopic (exact) mass is 689 g/mol. The van der Waals surface area contributed by atoms with Gasteiger partial charge >= 0.3 is 0 Å². The molecular formula is C44H66F2N4. The molecular weight excluding hydrogens is 623 g/mol. The van der Waals surface area contributed by atoms with E-state index in [-0.39, 0.29) is 10.8 Å². The maximum Gasteiger partial charge on any atom is 0.205 e. The molecule has 0 unspecified atom stereocenters. The second-order valence-electron chi connectivity index (χ2n) is 14.6. The van der Waals surface area contributed by atoms with E-state index < -0.39 is 0 Å². The highest BCUT2D eigenvalue weighted by atomic mass is 19.1. The summed E-state index contributed by atoms with van der Waals surface area (Å²) in [5, 5.41) is 0. The van der Waals surface area contributed by atoms with Gasteiger partial charge in [-0.05, 0) is 46.2 Å². The minimum atomic E-state index is 0.182. The first-order valence-electron chi connectivity index (χ1n) is 16.5. The molecule has 0 amide bonds. The Morgan fingerprint density at radius 1 is 0.400 bits per heavy atom. The van der Waals surface area contributed by atoms with Gasteiger partial charge in [-0.3, -0.25) is 18.7 Å². The van der Waals surface area contributed by atoms with E-state index in [1.165, 1.54) is 25.2 Å². The molecule has 6 heteroatoms. The van der Waals surface area contributed by atoms with E-state index in [1.807, 2.05) is 36.7 Å². The van der Waals surface area contributed by atoms with Gasteiger partial charge in [0.05, 0.1) is 14.4 Å². The first-order valence-corrected chi connectivity index (χ1v) is 16.5. The highest BCUT2D eigenvalue weighted by Gasteiger charge is 2.14. The maximum absolute atomic E-state index is 9.50. The molecule has 50 heavy (non-hydrogen) atoms. The maximum atomic E-state index is 9.50. The number of nitrogens with zero attached hydrogens (tertiary/aromatic N) is 4. The summed E-state index contributed by atoms with van der Waals surface area (Å²) in [5.41, 5.74) is 6.04. The summed E-state index contributed by atoms with van der Waals surface area (Å²) in [4.78, 5) is 14.0. The lowest BCUT2D eigenvalue weighted by Crippen LogP contribution is -2.12. The average molecular weight is 689 g/mol. The van der Waals surface area contributed by atoms with Crippen LogP contribution in [0.4, 0.5) is 8.78 Å². The van der Waals surface area contributed by atoms with Crippen molar-refractivity contribution in [1.29, 1.82) is 0 Å². The second-order valence-corrected chi connectivity index (χ2v) is 14.6. The Balaban J connectivity index is -0.000000259. The van der Waals surface area contributed by atoms with Gasteiger partial charge in [0, 0.05) is 34.6 Å². The molecule has 0 aliphatic carbocycles. The van der Waals surface area contributed by atoms with Crippen molar-refractivity contribution in [3.05, 3.63) is 155 Å². The van der Waals surface area contributed by atoms with Crippen LogP contribution in [-0.4, -0.2) is 38.4 Å². The molecule has 4 rings (SSSR count). The summed E-state index contributed by atoms with van der Waals surface area (Å²) in [5.74, 6) is 0. The van der Waals surface area contributed by atoms with Crippen LogP contribution in [0.3, 0.4) is 0 Å². The first kappa shape index (κ1) is 52.4. The van der Waals surface area contributed by atoms with Gasteiger partial charge in [0.15, 0.2) is 0 Å². The minimum Gasteiger partial charge on any atom is -0.320 e. The van der Waals surface area contributed by atoms with Crippen molar-refractivity contribution in [3.63, 3.8) is 0 Å². The highest BCUT2D eigenvalue weighted by Crippen LogP contribution is 2.22. The van der Waals surface area contributed by atoms with E-state index in [1.54, 1.807) is 0 Å². The lowest BCUT2D eigenvalue weighted by atomic mass is 9.87. The Morgan fingerprint density at radius 3 is 0.740 bits per heavy atom. The van der Waals surface area contributed by atoms with Crippen molar-refractivity contribution in [2.75, 3.05) is 28.5 Å². The Labute approximate surface area is 306 Å². The van der Waals surface area contributed by atoms with E-state index in [0.29, 0.717) is 25.2 Å². The van der Waals surface area contributed by atoms with Crippen LogP contribution in [0, 0.1) is 13.1 Å². The van der Waals surface area contributed by atoms with Crippen molar-refractivity contribution in [2.24, 2.45) is 0 Å². The molecule has 2 aromatic carbocycles. The zero-order valence-electron chi connectivity index (χ0n) is 33.9. The Morgan fingerprint density at radius 2 is 0.620 bits per heavy atom. The predicted molar refractivity (Wildman–Crippen MR) is 215 cm³/mol. The van der Waals surface area contributed by atoms with Gasteiger partial charge in [0.2, 0.25) is 14.1 Å². The standard InChI is InChI=1S/2C10H14.2C9H13N.2C2H3N.2CH3F/c2*1-10(2,3)9-7-5-4-6-8-9;2*1-9(2,3)8-6-4-5-7-10-8;2*1-3-2;2*1-2/h2*4-8H,1-3H3;2*4-7H,1-3H3;2*1H3;2*1H3. The fourth-order valence-electron chi connectivity index (χ4n) is 3.49. The SMILES string of the molecule is CC(C)(C)c1ccccc1.CC(C)(C)c1ccccc1.CC(C)(C)c1ccccn1.CC(C)(C)c1ccccn1.CF.CF.[C-]#[N+]C.[C-]#[N+]C. The van der Waals surface area contributed by atoms with E-state index in [4.69, 9.17) is 13.1 Å². The molecule has 2 heterocycles. The van der Waals surface area contributed by atoms with Crippen LogP contribution in [0.25, 0.3) is 9.69 Å². The summed E-state index contributed by atoms with van der Waals surface area (Å²) in [6.45, 7) is 38.0. The van der Waals surface area contributed by atoms with Crippen LogP contribution in [0.15, 0.2) is 109 Å². The van der Waals surface area contributed by atoms with Crippen LogP contribution in [-0.2, 0) is 21.7 Å². The zero-order valence-corrected chi connectivity index (χ0v) is 33.9. The fourth-order valence-corrected chi connectivity index (χ4v) is 3.49. The van der Waals surface area contributed by atoms with Crippen molar-refractivity contribution in [3.8, 4) is 0 Å². The molecule has 0 atom stereocenters. The lowest BCUT2D eigenvalue weighted by Gasteiger charge is -2.18. The molecule has 0 bridgehead atoms. The van der Waals surface area contributed by atoms with E-state index in [9.17, 15) is 8.78 Å². The fraction of sp³-hybridized carbons (Fsp3) is 0.455. The molecule has 0 radical (unpaired) electrons. The third-order valence-electron chi connectivity index (χ3n) is 6.15. The zero-order chi connectivity index (χ0) is 39.9. The molecule has 2 aromatic heterocycles. The lowest BCUT2D eigenvalue weighted by molar-refractivity contribution is 0.569. The van der Waals surface area contributed by atoms with Gasteiger partial charge in [-0.25, -0.2) is 13.1 Å². The van der Waals surface area contributed by atoms with Crippen LogP contribution >= 0.6 is 0 Å². The third-order valence-corrected chi connectivity index (χ3v) is 6.15. The topological polar surface area (TPSA) is 34.5 Å². The number of benzene rings is 2. The van der Waals surface area contributed by atoms with Gasteiger partial charge in [0.1, 0.15) is 0 Å². The summed E-state index contributed by atoms with van der Waals surface area (Å²) in [6.07, 6.45) is 3.67. The summed E-state index contributed by atoms with van der Waals surface area (Å²) in [7, 11) is 3.83. The molecule has 276 valence electrons. The number of aromatic nitrogens is 2. The van der Waals surface area contributed by atoms with Crippen molar-refractivity contribution in [2.45, 2.75) is 105 Å². The Hall–Kier alpha value is -4.42. The minimum absolute atomic E-state index is 0.182. The smallest absolute Gasteiger partial charge is 0.205 e. The molecule has 0 spiro atoms. The summed E-state index contributed by atoms with van der Waals surface area (Å²) < 4.78 is 19.0. The molecule has 0 saturated carbocycles. The normalized spacial score (nSPS) is 9.76. The molecule has 0 N–H and O–H groups in total. The third kappa shape index (κ3) is 29.7. The Kier molecular flexibility index (Phi) is 30.9. The molecule has 0 saturated heterocycles. The largest absolute Gasteiger partial charge is 0.320 e. The van der Waals surface area contributed by atoms with Crippen molar-refractivity contribution < 1.29 is 8.78 Å². The number of alkyl halides is 2. The van der Waals surface area contributed by atoms with Gasteiger partial charge < -0.3 is 9.69 Å². The molecule has 0 fully saturated rings. The number of hydrogen-bond acceptors (Lipinski definition) is 2. The molecule has 4 aromatic rings. The second kappa shape index (κ2) is 29.5. The number of pyridine rings is 2. The number of halogens is 2. The first-order chi connectivity index (χ1) is 23.2. The van der Waals surface area contributed by atoms with Gasteiger partial charge in [-0.1, -0.05) is 156 Å². The van der Waals surface area contributed by atoms with Gasteiger partial charge in [-0.2, -0.15) is 0 Å². The molecule has 0 aliphatic rings. The Bertz CT molecular complexity index is 1160. The number of rotatable bonds is 0. The van der Waals surface area contributed by atoms with Crippen LogP contribution in [0.2, 0.25) is 0 Å². The molecule has 0 aliphatic heterocycles. The van der Waals surface area contributed by atoms with Gasteiger partial charge in [-0.15, -0.1) is 0 Å². The van der Waals surface area contributed by atoms with Crippen molar-refractivity contribution in [1.82, 2.24) is 9.97 Å². The predicted octanol–water partition coefficient (Wildman–Crippen LogP) is 13.0. The average Bonchev–Trinajstić information content (AvgIpc) is 3.08.